The summed E-state index contributed by atoms with van der Waals surface area (Å²) in [6.07, 6.45) is 0.368. The van der Waals surface area contributed by atoms with E-state index in [4.69, 9.17) is 5.73 Å². The number of hydrogen-bond acceptors (Lipinski definition) is 4. The molecule has 0 bridgehead atoms. The van der Waals surface area contributed by atoms with E-state index in [1.807, 2.05) is 0 Å². The maximum Gasteiger partial charge on any atom is 0.237 e. The largest absolute Gasteiger partial charge is 0.508 e. The van der Waals surface area contributed by atoms with Crippen LogP contribution in [0.5, 0.6) is 5.75 Å². The molecule has 0 aromatic heterocycles. The summed E-state index contributed by atoms with van der Waals surface area (Å²) in [5, 5.41) is 14.5. The second-order valence-electron chi connectivity index (χ2n) is 5.66. The first-order chi connectivity index (χ1) is 9.76. The summed E-state index contributed by atoms with van der Waals surface area (Å²) < 4.78 is 0. The van der Waals surface area contributed by atoms with E-state index in [1.165, 1.54) is 0 Å². The smallest absolute Gasteiger partial charge is 0.237 e. The van der Waals surface area contributed by atoms with E-state index in [2.05, 4.69) is 10.6 Å². The van der Waals surface area contributed by atoms with Gasteiger partial charge in [-0.3, -0.25) is 9.59 Å². The number of aromatic hydroxyl groups is 1. The van der Waals surface area contributed by atoms with E-state index in [9.17, 15) is 14.7 Å². The molecule has 1 atom stereocenters. The molecule has 1 aromatic carbocycles. The summed E-state index contributed by atoms with van der Waals surface area (Å²) in [6.45, 7) is 3.71. The molecule has 1 rings (SSSR count). The van der Waals surface area contributed by atoms with Crippen LogP contribution in [0.1, 0.15) is 19.4 Å². The summed E-state index contributed by atoms with van der Waals surface area (Å²) in [7, 11) is 1.56. The molecule has 0 unspecified atom stereocenters. The summed E-state index contributed by atoms with van der Waals surface area (Å²) in [4.78, 5) is 23.6. The quantitative estimate of drug-likeness (QED) is 0.599. The average molecular weight is 293 g/mol. The summed E-state index contributed by atoms with van der Waals surface area (Å²) in [5.74, 6) is -0.279. The van der Waals surface area contributed by atoms with Crippen LogP contribution in [0.15, 0.2) is 24.3 Å². The van der Waals surface area contributed by atoms with Crippen molar-refractivity contribution in [3.8, 4) is 5.75 Å². The fraction of sp³-hybridized carbons (Fsp3) is 0.467. The molecule has 0 saturated heterocycles. The van der Waals surface area contributed by atoms with Crippen molar-refractivity contribution in [2.24, 2.45) is 11.1 Å². The van der Waals surface area contributed by atoms with Gasteiger partial charge in [0.15, 0.2) is 0 Å². The SMILES string of the molecule is CNC(=O)C(C)(C)CNC(=O)[C@H](N)Cc1ccc(O)cc1. The molecular weight excluding hydrogens is 270 g/mol. The van der Waals surface area contributed by atoms with Crippen molar-refractivity contribution >= 4 is 11.8 Å². The Bertz CT molecular complexity index is 497. The fourth-order valence-corrected chi connectivity index (χ4v) is 1.84. The topological polar surface area (TPSA) is 104 Å². The van der Waals surface area contributed by atoms with Crippen LogP contribution < -0.4 is 16.4 Å². The molecule has 0 aliphatic carbocycles. The van der Waals surface area contributed by atoms with Crippen LogP contribution in [0, 0.1) is 5.41 Å². The Morgan fingerprint density at radius 2 is 1.86 bits per heavy atom. The van der Waals surface area contributed by atoms with Crippen molar-refractivity contribution in [2.45, 2.75) is 26.3 Å². The zero-order valence-electron chi connectivity index (χ0n) is 12.6. The number of nitrogens with one attached hydrogen (secondary N) is 2. The van der Waals surface area contributed by atoms with E-state index in [-0.39, 0.29) is 24.1 Å². The van der Waals surface area contributed by atoms with Crippen LogP contribution >= 0.6 is 0 Å². The monoisotopic (exact) mass is 293 g/mol. The average Bonchev–Trinajstić information content (AvgIpc) is 2.46. The van der Waals surface area contributed by atoms with Crippen molar-refractivity contribution in [1.29, 1.82) is 0 Å². The van der Waals surface area contributed by atoms with Gasteiger partial charge in [-0.15, -0.1) is 0 Å². The van der Waals surface area contributed by atoms with Gasteiger partial charge in [0.25, 0.3) is 0 Å². The molecule has 0 aliphatic rings. The lowest BCUT2D eigenvalue weighted by atomic mass is 9.92. The Hall–Kier alpha value is -2.08. The van der Waals surface area contributed by atoms with Gasteiger partial charge >= 0.3 is 0 Å². The van der Waals surface area contributed by atoms with Gasteiger partial charge in [0, 0.05) is 13.6 Å². The first-order valence-electron chi connectivity index (χ1n) is 6.79. The molecule has 2 amide bonds. The molecule has 6 nitrogen and oxygen atoms in total. The highest BCUT2D eigenvalue weighted by Crippen LogP contribution is 2.14. The third kappa shape index (κ3) is 5.07. The number of phenols is 1. The molecule has 0 radical (unpaired) electrons. The summed E-state index contributed by atoms with van der Waals surface area (Å²) in [6, 6.07) is 5.84. The van der Waals surface area contributed by atoms with E-state index in [0.717, 1.165) is 5.56 Å². The minimum absolute atomic E-state index is 0.144. The molecule has 116 valence electrons. The number of phenolic OH excluding ortho intramolecular Hbond substituents is 1. The number of hydrogen-bond donors (Lipinski definition) is 4. The van der Waals surface area contributed by atoms with Gasteiger partial charge in [-0.1, -0.05) is 12.1 Å². The number of rotatable bonds is 6. The lowest BCUT2D eigenvalue weighted by Gasteiger charge is -2.23. The van der Waals surface area contributed by atoms with Gasteiger partial charge in [0.1, 0.15) is 5.75 Å². The Kier molecular flexibility index (Phi) is 5.72. The zero-order valence-corrected chi connectivity index (χ0v) is 12.6. The van der Waals surface area contributed by atoms with Crippen molar-refractivity contribution in [1.82, 2.24) is 10.6 Å². The first kappa shape index (κ1) is 17.0. The minimum atomic E-state index is -0.699. The van der Waals surface area contributed by atoms with Gasteiger partial charge < -0.3 is 21.5 Å². The Labute approximate surface area is 124 Å². The molecule has 1 aromatic rings. The number of amides is 2. The lowest BCUT2D eigenvalue weighted by Crippen LogP contribution is -2.48. The van der Waals surface area contributed by atoms with Crippen LogP contribution in [-0.2, 0) is 16.0 Å². The molecule has 0 spiro atoms. The number of benzene rings is 1. The standard InChI is InChI=1S/C15H23N3O3/c1-15(2,14(21)17-3)9-18-13(20)12(16)8-10-4-6-11(19)7-5-10/h4-7,12,19H,8-9,16H2,1-3H3,(H,17,21)(H,18,20)/t12-/m1/s1. The van der Waals surface area contributed by atoms with Gasteiger partial charge in [-0.2, -0.15) is 0 Å². The van der Waals surface area contributed by atoms with Crippen molar-refractivity contribution < 1.29 is 14.7 Å². The normalized spacial score (nSPS) is 12.6. The second-order valence-corrected chi connectivity index (χ2v) is 5.66. The number of carbonyl (C=O) groups is 2. The second kappa shape index (κ2) is 7.08. The van der Waals surface area contributed by atoms with Crippen molar-refractivity contribution in [3.63, 3.8) is 0 Å². The number of nitrogens with two attached hydrogens (primary N) is 1. The predicted molar refractivity (Wildman–Crippen MR) is 80.6 cm³/mol. The van der Waals surface area contributed by atoms with Crippen LogP contribution in [0.25, 0.3) is 0 Å². The van der Waals surface area contributed by atoms with Gasteiger partial charge in [0.05, 0.1) is 11.5 Å². The van der Waals surface area contributed by atoms with Crippen molar-refractivity contribution in [3.05, 3.63) is 29.8 Å². The van der Waals surface area contributed by atoms with E-state index in [1.54, 1.807) is 45.2 Å². The van der Waals surface area contributed by atoms with E-state index in [0.29, 0.717) is 6.42 Å². The van der Waals surface area contributed by atoms with Crippen LogP contribution in [0.3, 0.4) is 0 Å². The highest BCUT2D eigenvalue weighted by molar-refractivity contribution is 5.85. The van der Waals surface area contributed by atoms with Crippen molar-refractivity contribution in [2.75, 3.05) is 13.6 Å². The minimum Gasteiger partial charge on any atom is -0.508 e. The first-order valence-corrected chi connectivity index (χ1v) is 6.79. The van der Waals surface area contributed by atoms with Crippen LogP contribution in [0.2, 0.25) is 0 Å². The zero-order chi connectivity index (χ0) is 16.0. The van der Waals surface area contributed by atoms with Gasteiger partial charge in [-0.05, 0) is 38.0 Å². The predicted octanol–water partition coefficient (Wildman–Crippen LogP) is 0.150. The molecule has 0 fully saturated rings. The Balaban J connectivity index is 2.51. The lowest BCUT2D eigenvalue weighted by molar-refractivity contribution is -0.129. The Morgan fingerprint density at radius 1 is 1.29 bits per heavy atom. The summed E-state index contributed by atoms with van der Waals surface area (Å²) in [5.41, 5.74) is 6.02. The fourth-order valence-electron chi connectivity index (χ4n) is 1.84. The number of carbonyl (C=O) groups excluding carboxylic acids is 2. The molecule has 5 N–H and O–H groups in total. The molecular formula is C15H23N3O3. The highest BCUT2D eigenvalue weighted by atomic mass is 16.3. The van der Waals surface area contributed by atoms with Gasteiger partial charge in [0.2, 0.25) is 11.8 Å². The third-order valence-electron chi connectivity index (χ3n) is 3.28. The molecule has 6 heteroatoms. The van der Waals surface area contributed by atoms with E-state index < -0.39 is 11.5 Å². The maximum atomic E-state index is 12.0. The van der Waals surface area contributed by atoms with E-state index >= 15 is 0 Å². The molecule has 21 heavy (non-hydrogen) atoms. The molecule has 0 aliphatic heterocycles. The van der Waals surface area contributed by atoms with Crippen LogP contribution in [0.4, 0.5) is 0 Å². The third-order valence-corrected chi connectivity index (χ3v) is 3.28. The molecule has 0 heterocycles. The van der Waals surface area contributed by atoms with Crippen LogP contribution in [-0.4, -0.2) is 36.6 Å². The highest BCUT2D eigenvalue weighted by Gasteiger charge is 2.27. The van der Waals surface area contributed by atoms with Gasteiger partial charge in [-0.25, -0.2) is 0 Å². The maximum absolute atomic E-state index is 12.0. The molecule has 0 saturated carbocycles. The summed E-state index contributed by atoms with van der Waals surface area (Å²) >= 11 is 0. The Morgan fingerprint density at radius 3 is 2.38 bits per heavy atom.